The maximum atomic E-state index is 5.67. The minimum atomic E-state index is 0.522. The molecule has 74 valence electrons. The monoisotopic (exact) mass is 237 g/mol. The smallest absolute Gasteiger partial charge is 0.207 e. The van der Waals surface area contributed by atoms with Crippen LogP contribution in [-0.4, -0.2) is 40.7 Å². The molecule has 0 spiro atoms. The minimum absolute atomic E-state index is 0.522. The molecule has 0 fully saturated rings. The number of rotatable bonds is 5. The second-order valence-electron chi connectivity index (χ2n) is 2.68. The SMILES string of the molecule is CSCCN(C)Cc1nnc(Cl)s1. The van der Waals surface area contributed by atoms with Gasteiger partial charge in [0.2, 0.25) is 4.47 Å². The first kappa shape index (κ1) is 11.2. The Labute approximate surface area is 91.5 Å². The van der Waals surface area contributed by atoms with Gasteiger partial charge < -0.3 is 0 Å². The van der Waals surface area contributed by atoms with Crippen molar-refractivity contribution >= 4 is 34.7 Å². The van der Waals surface area contributed by atoms with Crippen molar-refractivity contribution in [1.82, 2.24) is 15.1 Å². The van der Waals surface area contributed by atoms with E-state index in [4.69, 9.17) is 11.6 Å². The average Bonchev–Trinajstić information content (AvgIpc) is 2.48. The van der Waals surface area contributed by atoms with E-state index in [1.807, 2.05) is 11.8 Å². The van der Waals surface area contributed by atoms with Crippen molar-refractivity contribution in [2.75, 3.05) is 25.6 Å². The summed E-state index contributed by atoms with van der Waals surface area (Å²) in [4.78, 5) is 2.22. The Bertz CT molecular complexity index is 254. The number of thioether (sulfide) groups is 1. The van der Waals surface area contributed by atoms with Crippen molar-refractivity contribution in [3.8, 4) is 0 Å². The molecule has 1 aromatic heterocycles. The van der Waals surface area contributed by atoms with E-state index in [9.17, 15) is 0 Å². The summed E-state index contributed by atoms with van der Waals surface area (Å²) in [6.45, 7) is 1.91. The van der Waals surface area contributed by atoms with E-state index in [0.717, 1.165) is 23.8 Å². The van der Waals surface area contributed by atoms with E-state index in [1.54, 1.807) is 0 Å². The molecule has 0 bridgehead atoms. The fraction of sp³-hybridized carbons (Fsp3) is 0.714. The van der Waals surface area contributed by atoms with Crippen molar-refractivity contribution in [3.05, 3.63) is 9.47 Å². The largest absolute Gasteiger partial charge is 0.299 e. The molecule has 0 aliphatic carbocycles. The van der Waals surface area contributed by atoms with Crippen LogP contribution in [0.1, 0.15) is 5.01 Å². The molecule has 0 atom stereocenters. The van der Waals surface area contributed by atoms with Gasteiger partial charge in [0.15, 0.2) is 0 Å². The van der Waals surface area contributed by atoms with Crippen LogP contribution in [0, 0.1) is 0 Å². The third kappa shape index (κ3) is 4.26. The first-order chi connectivity index (χ1) is 6.22. The number of hydrogen-bond donors (Lipinski definition) is 0. The highest BCUT2D eigenvalue weighted by Crippen LogP contribution is 2.15. The first-order valence-corrected chi connectivity index (χ1v) is 6.46. The molecular formula is C7H12ClN3S2. The van der Waals surface area contributed by atoms with Gasteiger partial charge in [-0.25, -0.2) is 0 Å². The summed E-state index contributed by atoms with van der Waals surface area (Å²) in [5.41, 5.74) is 0. The van der Waals surface area contributed by atoms with E-state index in [-0.39, 0.29) is 0 Å². The van der Waals surface area contributed by atoms with Crippen LogP contribution in [0.4, 0.5) is 0 Å². The maximum Gasteiger partial charge on any atom is 0.207 e. The second kappa shape index (κ2) is 5.80. The van der Waals surface area contributed by atoms with Gasteiger partial charge >= 0.3 is 0 Å². The number of hydrogen-bond acceptors (Lipinski definition) is 5. The Balaban J connectivity index is 2.31. The summed E-state index contributed by atoms with van der Waals surface area (Å²) in [6.07, 6.45) is 2.11. The van der Waals surface area contributed by atoms with E-state index in [0.29, 0.717) is 4.47 Å². The molecule has 0 saturated carbocycles. The van der Waals surface area contributed by atoms with Crippen molar-refractivity contribution < 1.29 is 0 Å². The average molecular weight is 238 g/mol. The van der Waals surface area contributed by atoms with E-state index in [1.165, 1.54) is 11.3 Å². The predicted octanol–water partition coefficient (Wildman–Crippen LogP) is 1.99. The molecular weight excluding hydrogens is 226 g/mol. The van der Waals surface area contributed by atoms with Crippen molar-refractivity contribution in [2.45, 2.75) is 6.54 Å². The quantitative estimate of drug-likeness (QED) is 0.783. The summed E-state index contributed by atoms with van der Waals surface area (Å²) >= 11 is 8.96. The fourth-order valence-electron chi connectivity index (χ4n) is 0.854. The van der Waals surface area contributed by atoms with Crippen LogP contribution >= 0.6 is 34.7 Å². The van der Waals surface area contributed by atoms with Gasteiger partial charge in [0, 0.05) is 12.3 Å². The van der Waals surface area contributed by atoms with Crippen LogP contribution in [0.3, 0.4) is 0 Å². The fourth-order valence-corrected chi connectivity index (χ4v) is 2.30. The van der Waals surface area contributed by atoms with Gasteiger partial charge in [0.05, 0.1) is 6.54 Å². The molecule has 0 aromatic carbocycles. The van der Waals surface area contributed by atoms with E-state index in [2.05, 4.69) is 28.4 Å². The lowest BCUT2D eigenvalue weighted by Crippen LogP contribution is -2.20. The van der Waals surface area contributed by atoms with Crippen LogP contribution in [0.15, 0.2) is 0 Å². The molecule has 13 heavy (non-hydrogen) atoms. The molecule has 0 aliphatic heterocycles. The molecule has 0 unspecified atom stereocenters. The number of halogens is 1. The molecule has 0 amide bonds. The van der Waals surface area contributed by atoms with Gasteiger partial charge in [-0.2, -0.15) is 11.8 Å². The van der Waals surface area contributed by atoms with Gasteiger partial charge in [-0.15, -0.1) is 10.2 Å². The van der Waals surface area contributed by atoms with Gasteiger partial charge in [-0.05, 0) is 24.9 Å². The Kier molecular flexibility index (Phi) is 5.01. The predicted molar refractivity (Wildman–Crippen MR) is 59.6 cm³/mol. The molecule has 0 saturated heterocycles. The molecule has 0 N–H and O–H groups in total. The summed E-state index contributed by atoms with van der Waals surface area (Å²) in [6, 6.07) is 0. The summed E-state index contributed by atoms with van der Waals surface area (Å²) in [5, 5.41) is 8.68. The maximum absolute atomic E-state index is 5.67. The van der Waals surface area contributed by atoms with Gasteiger partial charge in [-0.3, -0.25) is 4.90 Å². The van der Waals surface area contributed by atoms with Crippen molar-refractivity contribution in [1.29, 1.82) is 0 Å². The topological polar surface area (TPSA) is 29.0 Å². The highest BCUT2D eigenvalue weighted by molar-refractivity contribution is 7.98. The van der Waals surface area contributed by atoms with Gasteiger partial charge in [0.1, 0.15) is 5.01 Å². The van der Waals surface area contributed by atoms with Crippen molar-refractivity contribution in [2.24, 2.45) is 0 Å². The van der Waals surface area contributed by atoms with Crippen LogP contribution < -0.4 is 0 Å². The zero-order valence-corrected chi connectivity index (χ0v) is 10.0. The van der Waals surface area contributed by atoms with Gasteiger partial charge in [0.25, 0.3) is 0 Å². The molecule has 1 rings (SSSR count). The zero-order valence-electron chi connectivity index (χ0n) is 7.66. The van der Waals surface area contributed by atoms with E-state index >= 15 is 0 Å². The van der Waals surface area contributed by atoms with Crippen molar-refractivity contribution in [3.63, 3.8) is 0 Å². The molecule has 1 heterocycles. The Morgan fingerprint density at radius 3 is 2.85 bits per heavy atom. The first-order valence-electron chi connectivity index (χ1n) is 3.87. The zero-order chi connectivity index (χ0) is 9.68. The van der Waals surface area contributed by atoms with E-state index < -0.39 is 0 Å². The molecule has 0 aliphatic rings. The Morgan fingerprint density at radius 2 is 2.31 bits per heavy atom. The van der Waals surface area contributed by atoms with Crippen LogP contribution in [0.5, 0.6) is 0 Å². The summed E-state index contributed by atoms with van der Waals surface area (Å²) < 4.78 is 0.522. The third-order valence-corrected chi connectivity index (χ3v) is 3.12. The molecule has 1 aromatic rings. The Morgan fingerprint density at radius 1 is 1.54 bits per heavy atom. The summed E-state index contributed by atoms with van der Waals surface area (Å²) in [7, 11) is 2.07. The standard InChI is InChI=1S/C7H12ClN3S2/c1-11(3-4-12-2)5-6-9-10-7(8)13-6/h3-5H2,1-2H3. The normalized spacial score (nSPS) is 11.1. The van der Waals surface area contributed by atoms with Gasteiger partial charge in [-0.1, -0.05) is 11.3 Å². The second-order valence-corrected chi connectivity index (χ2v) is 5.31. The van der Waals surface area contributed by atoms with Crippen LogP contribution in [-0.2, 0) is 6.54 Å². The highest BCUT2D eigenvalue weighted by Gasteiger charge is 2.04. The molecule has 0 radical (unpaired) electrons. The Hall–Kier alpha value is 0.160. The molecule has 3 nitrogen and oxygen atoms in total. The number of nitrogens with zero attached hydrogens (tertiary/aromatic N) is 3. The van der Waals surface area contributed by atoms with Crippen LogP contribution in [0.2, 0.25) is 4.47 Å². The highest BCUT2D eigenvalue weighted by atomic mass is 35.5. The lowest BCUT2D eigenvalue weighted by atomic mass is 10.5. The lowest BCUT2D eigenvalue weighted by molar-refractivity contribution is 0.347. The molecule has 6 heteroatoms. The summed E-state index contributed by atoms with van der Waals surface area (Å²) in [5.74, 6) is 1.14. The number of aromatic nitrogens is 2. The minimum Gasteiger partial charge on any atom is -0.299 e. The third-order valence-electron chi connectivity index (χ3n) is 1.52. The lowest BCUT2D eigenvalue weighted by Gasteiger charge is -2.12. The van der Waals surface area contributed by atoms with Crippen LogP contribution in [0.25, 0.3) is 0 Å².